The molecule has 1 aliphatic heterocycles. The van der Waals surface area contributed by atoms with E-state index in [9.17, 15) is 14.4 Å². The van der Waals surface area contributed by atoms with Gasteiger partial charge in [0.15, 0.2) is 5.82 Å². The molecule has 0 bridgehead atoms. The number of rotatable bonds is 1. The number of carbonyl (C=O) groups is 1. The Bertz CT molecular complexity index is 717. The van der Waals surface area contributed by atoms with Gasteiger partial charge in [-0.3, -0.25) is 4.79 Å². The van der Waals surface area contributed by atoms with Crippen LogP contribution in [0.15, 0.2) is 42.5 Å². The Morgan fingerprint density at radius 1 is 1.11 bits per heavy atom. The van der Waals surface area contributed by atoms with Crippen molar-refractivity contribution in [3.63, 3.8) is 0 Å². The Morgan fingerprint density at radius 2 is 1.79 bits per heavy atom. The second-order valence-electron chi connectivity index (χ2n) is 4.47. The van der Waals surface area contributed by atoms with Crippen LogP contribution in [0, 0.1) is 17.9 Å². The number of nitrogens with zero attached hydrogens (tertiary/aromatic N) is 1. The number of benzene rings is 2. The molecule has 2 aromatic carbocycles. The predicted molar refractivity (Wildman–Crippen MR) is 69.3 cm³/mol. The quantitative estimate of drug-likeness (QED) is 0.580. The van der Waals surface area contributed by atoms with Crippen LogP contribution in [0.1, 0.15) is 21.5 Å². The molecule has 0 saturated heterocycles. The second-order valence-corrected chi connectivity index (χ2v) is 4.47. The molecule has 0 amide bonds. The van der Waals surface area contributed by atoms with Crippen LogP contribution < -0.4 is 0 Å². The van der Waals surface area contributed by atoms with Gasteiger partial charge >= 0.3 is 0 Å². The van der Waals surface area contributed by atoms with Gasteiger partial charge in [0.25, 0.3) is 17.2 Å². The number of fused-ring (bicyclic) bond motifs is 1. The molecule has 1 heterocycles. The third-order valence-corrected chi connectivity index (χ3v) is 3.18. The smallest absolute Gasteiger partial charge is 0.273 e. The minimum absolute atomic E-state index is 0.0277. The number of aryl methyl sites for hydroxylation is 1. The maximum absolute atomic E-state index is 13.7. The Kier molecular flexibility index (Phi) is 2.45. The summed E-state index contributed by atoms with van der Waals surface area (Å²) in [4.78, 5) is 12.2. The van der Waals surface area contributed by atoms with Crippen molar-refractivity contribution in [3.8, 4) is 0 Å². The van der Waals surface area contributed by atoms with Gasteiger partial charge in [-0.25, -0.2) is 0 Å². The molecule has 4 heteroatoms. The van der Waals surface area contributed by atoms with E-state index in [1.54, 1.807) is 12.1 Å². The minimum atomic E-state index is -0.678. The summed E-state index contributed by atoms with van der Waals surface area (Å²) in [6.45, 7) is 1.91. The molecule has 3 nitrogen and oxygen atoms in total. The van der Waals surface area contributed by atoms with Gasteiger partial charge in [0, 0.05) is 0 Å². The molecular formula is C15H10FNO2. The van der Waals surface area contributed by atoms with Crippen molar-refractivity contribution in [3.05, 3.63) is 70.2 Å². The number of ketones is 1. The molecule has 0 fully saturated rings. The molecule has 0 spiro atoms. The first-order valence-electron chi connectivity index (χ1n) is 5.84. The van der Waals surface area contributed by atoms with Gasteiger partial charge in [-0.1, -0.05) is 23.8 Å². The van der Waals surface area contributed by atoms with Crippen LogP contribution in [0.5, 0.6) is 0 Å². The average Bonchev–Trinajstić information content (AvgIpc) is 2.65. The first-order chi connectivity index (χ1) is 9.09. The SMILES string of the molecule is Cc1ccc(C2=[N+]([O-])c3c(F)cccc3C2=O)cc1. The van der Waals surface area contributed by atoms with E-state index in [1.165, 1.54) is 18.2 Å². The minimum Gasteiger partial charge on any atom is -0.618 e. The summed E-state index contributed by atoms with van der Waals surface area (Å²) in [6.07, 6.45) is 0. The molecule has 0 atom stereocenters. The van der Waals surface area contributed by atoms with Crippen molar-refractivity contribution in [2.45, 2.75) is 6.92 Å². The van der Waals surface area contributed by atoms with Gasteiger partial charge in [0.2, 0.25) is 0 Å². The van der Waals surface area contributed by atoms with E-state index in [0.717, 1.165) is 5.56 Å². The van der Waals surface area contributed by atoms with E-state index >= 15 is 0 Å². The summed E-state index contributed by atoms with van der Waals surface area (Å²) in [5.74, 6) is -1.11. The summed E-state index contributed by atoms with van der Waals surface area (Å²) in [5, 5.41) is 12.1. The van der Waals surface area contributed by atoms with Crippen molar-refractivity contribution in [2.24, 2.45) is 0 Å². The topological polar surface area (TPSA) is 43.1 Å². The highest BCUT2D eigenvalue weighted by molar-refractivity contribution is 6.52. The van der Waals surface area contributed by atoms with Crippen LogP contribution in [0.3, 0.4) is 0 Å². The third-order valence-electron chi connectivity index (χ3n) is 3.18. The van der Waals surface area contributed by atoms with Crippen LogP contribution in [0.25, 0.3) is 0 Å². The predicted octanol–water partition coefficient (Wildman–Crippen LogP) is 2.96. The van der Waals surface area contributed by atoms with Crippen LogP contribution in [-0.2, 0) is 0 Å². The number of Topliss-reactive ketones (excluding diaryl/α,β-unsaturated/α-hetero) is 1. The molecular weight excluding hydrogens is 245 g/mol. The van der Waals surface area contributed by atoms with Crippen LogP contribution in [0.4, 0.5) is 10.1 Å². The number of carbonyl (C=O) groups excluding carboxylic acids is 1. The summed E-state index contributed by atoms with van der Waals surface area (Å²) >= 11 is 0. The maximum atomic E-state index is 13.7. The Balaban J connectivity index is 2.22. The Hall–Kier alpha value is -2.49. The van der Waals surface area contributed by atoms with E-state index < -0.39 is 11.6 Å². The van der Waals surface area contributed by atoms with E-state index in [-0.39, 0.29) is 17.0 Å². The van der Waals surface area contributed by atoms with Crippen molar-refractivity contribution < 1.29 is 13.9 Å². The summed E-state index contributed by atoms with van der Waals surface area (Å²) in [6, 6.07) is 11.1. The van der Waals surface area contributed by atoms with E-state index in [1.807, 2.05) is 19.1 Å². The van der Waals surface area contributed by atoms with Gasteiger partial charge in [-0.2, -0.15) is 9.13 Å². The van der Waals surface area contributed by atoms with Crippen molar-refractivity contribution in [1.29, 1.82) is 0 Å². The van der Waals surface area contributed by atoms with E-state index in [0.29, 0.717) is 10.3 Å². The standard InChI is InChI=1S/C15H10FNO2/c1-9-5-7-10(8-6-9)13-15(18)11-3-2-4-12(16)14(11)17(13)19/h2-8H,1H3. The third kappa shape index (κ3) is 1.64. The lowest BCUT2D eigenvalue weighted by Crippen LogP contribution is -2.16. The maximum Gasteiger partial charge on any atom is 0.273 e. The fourth-order valence-electron chi connectivity index (χ4n) is 2.20. The second kappa shape index (κ2) is 4.02. The molecule has 0 aliphatic carbocycles. The highest BCUT2D eigenvalue weighted by Gasteiger charge is 2.38. The molecule has 2 aromatic rings. The number of halogens is 1. The van der Waals surface area contributed by atoms with Crippen molar-refractivity contribution in [2.75, 3.05) is 0 Å². The van der Waals surface area contributed by atoms with Crippen LogP contribution in [0.2, 0.25) is 0 Å². The first kappa shape index (κ1) is 11.6. The van der Waals surface area contributed by atoms with Crippen molar-refractivity contribution >= 4 is 17.2 Å². The molecule has 94 valence electrons. The fourth-order valence-corrected chi connectivity index (χ4v) is 2.20. The molecule has 0 aromatic heterocycles. The molecule has 0 radical (unpaired) electrons. The Morgan fingerprint density at radius 3 is 2.42 bits per heavy atom. The summed E-state index contributed by atoms with van der Waals surface area (Å²) in [7, 11) is 0. The van der Waals surface area contributed by atoms with Gasteiger partial charge in [0.1, 0.15) is 5.56 Å². The van der Waals surface area contributed by atoms with Crippen LogP contribution >= 0.6 is 0 Å². The van der Waals surface area contributed by atoms with E-state index in [4.69, 9.17) is 0 Å². The highest BCUT2D eigenvalue weighted by atomic mass is 19.1. The fraction of sp³-hybridized carbons (Fsp3) is 0.0667. The molecule has 3 rings (SSSR count). The number of hydrogen-bond acceptors (Lipinski definition) is 2. The molecule has 0 N–H and O–H groups in total. The van der Waals surface area contributed by atoms with Crippen molar-refractivity contribution in [1.82, 2.24) is 0 Å². The lowest BCUT2D eigenvalue weighted by atomic mass is 10.0. The largest absolute Gasteiger partial charge is 0.618 e. The van der Waals surface area contributed by atoms with Gasteiger partial charge in [-0.15, -0.1) is 0 Å². The average molecular weight is 255 g/mol. The molecule has 1 aliphatic rings. The normalized spacial score (nSPS) is 13.9. The molecule has 0 saturated carbocycles. The summed E-state index contributed by atoms with van der Waals surface area (Å²) < 4.78 is 14.0. The Labute approximate surface area is 109 Å². The highest BCUT2D eigenvalue weighted by Crippen LogP contribution is 2.30. The zero-order chi connectivity index (χ0) is 13.6. The lowest BCUT2D eigenvalue weighted by Gasteiger charge is -2.02. The zero-order valence-corrected chi connectivity index (χ0v) is 10.2. The zero-order valence-electron chi connectivity index (χ0n) is 10.2. The van der Waals surface area contributed by atoms with E-state index in [2.05, 4.69) is 0 Å². The number of para-hydroxylation sites is 1. The van der Waals surface area contributed by atoms with Gasteiger partial charge in [-0.05, 0) is 31.2 Å². The lowest BCUT2D eigenvalue weighted by molar-refractivity contribution is -0.358. The molecule has 19 heavy (non-hydrogen) atoms. The summed E-state index contributed by atoms with van der Waals surface area (Å²) in [5.41, 5.74) is 1.42. The number of hydrogen-bond donors (Lipinski definition) is 0. The molecule has 0 unspecified atom stereocenters. The van der Waals surface area contributed by atoms with Gasteiger partial charge in [0.05, 0.1) is 5.56 Å². The monoisotopic (exact) mass is 255 g/mol. The van der Waals surface area contributed by atoms with Crippen LogP contribution in [-0.4, -0.2) is 16.2 Å². The van der Waals surface area contributed by atoms with Gasteiger partial charge < -0.3 is 5.21 Å². The first-order valence-corrected chi connectivity index (χ1v) is 5.84.